The summed E-state index contributed by atoms with van der Waals surface area (Å²) in [6.07, 6.45) is 4.73. The van der Waals surface area contributed by atoms with Crippen molar-refractivity contribution in [3.63, 3.8) is 0 Å². The van der Waals surface area contributed by atoms with Gasteiger partial charge < -0.3 is 19.5 Å². The van der Waals surface area contributed by atoms with Crippen LogP contribution in [-0.4, -0.2) is 63.2 Å². The molecule has 1 aliphatic heterocycles. The molecule has 0 radical (unpaired) electrons. The van der Waals surface area contributed by atoms with Crippen LogP contribution in [0.1, 0.15) is 0 Å². The number of aromatic nitrogens is 6. The van der Waals surface area contributed by atoms with E-state index >= 15 is 0 Å². The highest BCUT2D eigenvalue weighted by Gasteiger charge is 2.21. The molecule has 4 rings (SSSR count). The molecule has 1 fully saturated rings. The Hall–Kier alpha value is -2.97. The summed E-state index contributed by atoms with van der Waals surface area (Å²) in [5.74, 6) is 2.35. The molecule has 118 valence electrons. The van der Waals surface area contributed by atoms with Crippen LogP contribution in [0.3, 0.4) is 0 Å². The summed E-state index contributed by atoms with van der Waals surface area (Å²) in [6, 6.07) is 1.85. The average molecular weight is 312 g/mol. The SMILES string of the molecule is COc1cc(N2CCN(c3ncnc4nc[nH]c34)CC2)ncn1. The highest BCUT2D eigenvalue weighted by Crippen LogP contribution is 2.23. The normalized spacial score (nSPS) is 15.2. The van der Waals surface area contributed by atoms with Crippen molar-refractivity contribution in [1.29, 1.82) is 0 Å². The Morgan fingerprint density at radius 3 is 2.57 bits per heavy atom. The van der Waals surface area contributed by atoms with Crippen molar-refractivity contribution in [2.24, 2.45) is 0 Å². The van der Waals surface area contributed by atoms with Crippen LogP contribution >= 0.6 is 0 Å². The fourth-order valence-electron chi connectivity index (χ4n) is 2.75. The molecule has 0 unspecified atom stereocenters. The van der Waals surface area contributed by atoms with Gasteiger partial charge in [0.05, 0.1) is 13.4 Å². The van der Waals surface area contributed by atoms with E-state index in [4.69, 9.17) is 4.74 Å². The molecule has 1 aliphatic rings. The average Bonchev–Trinajstić information content (AvgIpc) is 3.11. The minimum Gasteiger partial charge on any atom is -0.481 e. The largest absolute Gasteiger partial charge is 0.481 e. The number of anilines is 2. The van der Waals surface area contributed by atoms with E-state index in [9.17, 15) is 0 Å². The summed E-state index contributed by atoms with van der Waals surface area (Å²) in [5, 5.41) is 0. The molecule has 0 spiro atoms. The van der Waals surface area contributed by atoms with Crippen molar-refractivity contribution in [2.45, 2.75) is 0 Å². The van der Waals surface area contributed by atoms with Crippen LogP contribution in [0.25, 0.3) is 11.2 Å². The molecule has 0 atom stereocenters. The Bertz CT molecular complexity index is 811. The van der Waals surface area contributed by atoms with Crippen LogP contribution in [0.15, 0.2) is 25.0 Å². The Kier molecular flexibility index (Phi) is 3.37. The van der Waals surface area contributed by atoms with E-state index in [2.05, 4.69) is 39.7 Å². The van der Waals surface area contributed by atoms with Gasteiger partial charge in [-0.3, -0.25) is 0 Å². The smallest absolute Gasteiger partial charge is 0.218 e. The third-order valence-electron chi connectivity index (χ3n) is 3.94. The zero-order valence-corrected chi connectivity index (χ0v) is 12.7. The molecule has 0 saturated carbocycles. The molecule has 1 saturated heterocycles. The van der Waals surface area contributed by atoms with E-state index in [1.54, 1.807) is 19.8 Å². The number of fused-ring (bicyclic) bond motifs is 1. The number of nitrogens with zero attached hydrogens (tertiary/aromatic N) is 7. The number of rotatable bonds is 3. The minimum absolute atomic E-state index is 0.576. The molecule has 23 heavy (non-hydrogen) atoms. The third kappa shape index (κ3) is 2.50. The predicted octanol–water partition coefficient (Wildman–Crippen LogP) is 0.478. The number of hydrogen-bond donors (Lipinski definition) is 1. The second-order valence-electron chi connectivity index (χ2n) is 5.19. The molecule has 9 nitrogen and oxygen atoms in total. The monoisotopic (exact) mass is 312 g/mol. The van der Waals surface area contributed by atoms with Crippen molar-refractivity contribution in [3.05, 3.63) is 25.0 Å². The van der Waals surface area contributed by atoms with Crippen molar-refractivity contribution >= 4 is 22.8 Å². The van der Waals surface area contributed by atoms with Gasteiger partial charge in [0.25, 0.3) is 0 Å². The van der Waals surface area contributed by atoms with Crippen molar-refractivity contribution in [2.75, 3.05) is 43.1 Å². The van der Waals surface area contributed by atoms with Crippen LogP contribution in [0.5, 0.6) is 5.88 Å². The van der Waals surface area contributed by atoms with E-state index in [1.165, 1.54) is 6.33 Å². The van der Waals surface area contributed by atoms with E-state index < -0.39 is 0 Å². The number of nitrogens with one attached hydrogen (secondary N) is 1. The quantitative estimate of drug-likeness (QED) is 0.746. The van der Waals surface area contributed by atoms with Gasteiger partial charge in [-0.15, -0.1) is 0 Å². The first-order valence-electron chi connectivity index (χ1n) is 7.35. The summed E-state index contributed by atoms with van der Waals surface area (Å²) >= 11 is 0. The molecular weight excluding hydrogens is 296 g/mol. The predicted molar refractivity (Wildman–Crippen MR) is 84.7 cm³/mol. The van der Waals surface area contributed by atoms with Crippen LogP contribution in [0.4, 0.5) is 11.6 Å². The first kappa shape index (κ1) is 13.7. The van der Waals surface area contributed by atoms with Gasteiger partial charge in [0.1, 0.15) is 24.0 Å². The van der Waals surface area contributed by atoms with Gasteiger partial charge in [0.15, 0.2) is 11.5 Å². The fraction of sp³-hybridized carbons (Fsp3) is 0.357. The minimum atomic E-state index is 0.576. The second kappa shape index (κ2) is 5.67. The lowest BCUT2D eigenvalue weighted by molar-refractivity contribution is 0.396. The highest BCUT2D eigenvalue weighted by atomic mass is 16.5. The topological polar surface area (TPSA) is 96.0 Å². The summed E-state index contributed by atoms with van der Waals surface area (Å²) in [6.45, 7) is 3.38. The molecule has 0 bridgehead atoms. The van der Waals surface area contributed by atoms with Gasteiger partial charge in [-0.2, -0.15) is 0 Å². The molecule has 3 aromatic heterocycles. The molecule has 0 aromatic carbocycles. The van der Waals surface area contributed by atoms with Crippen LogP contribution in [0, 0.1) is 0 Å². The number of piperazine rings is 1. The lowest BCUT2D eigenvalue weighted by atomic mass is 10.3. The molecular formula is C14H16N8O. The molecule has 0 aliphatic carbocycles. The number of methoxy groups -OCH3 is 1. The van der Waals surface area contributed by atoms with E-state index in [1.807, 2.05) is 6.07 Å². The maximum Gasteiger partial charge on any atom is 0.218 e. The molecule has 9 heteroatoms. The van der Waals surface area contributed by atoms with E-state index in [0.717, 1.165) is 43.3 Å². The van der Waals surface area contributed by atoms with Gasteiger partial charge >= 0.3 is 0 Å². The van der Waals surface area contributed by atoms with Crippen LogP contribution in [-0.2, 0) is 0 Å². The Balaban J connectivity index is 1.51. The maximum atomic E-state index is 5.16. The first-order valence-corrected chi connectivity index (χ1v) is 7.35. The number of ether oxygens (including phenoxy) is 1. The fourth-order valence-corrected chi connectivity index (χ4v) is 2.75. The van der Waals surface area contributed by atoms with Crippen molar-refractivity contribution < 1.29 is 4.74 Å². The van der Waals surface area contributed by atoms with Crippen LogP contribution in [0.2, 0.25) is 0 Å². The summed E-state index contributed by atoms with van der Waals surface area (Å²) in [4.78, 5) is 28.7. The summed E-state index contributed by atoms with van der Waals surface area (Å²) in [5.41, 5.74) is 1.57. The van der Waals surface area contributed by atoms with Crippen LogP contribution < -0.4 is 14.5 Å². The number of imidazole rings is 1. The van der Waals surface area contributed by atoms with Gasteiger partial charge in [0, 0.05) is 32.2 Å². The number of H-pyrrole nitrogens is 1. The van der Waals surface area contributed by atoms with Crippen molar-refractivity contribution in [3.8, 4) is 5.88 Å². The van der Waals surface area contributed by atoms with E-state index in [-0.39, 0.29) is 0 Å². The molecule has 1 N–H and O–H groups in total. The Labute approximate surface area is 132 Å². The second-order valence-corrected chi connectivity index (χ2v) is 5.19. The molecule has 0 amide bonds. The summed E-state index contributed by atoms with van der Waals surface area (Å²) < 4.78 is 5.16. The zero-order valence-electron chi connectivity index (χ0n) is 12.7. The Morgan fingerprint density at radius 1 is 0.957 bits per heavy atom. The molecule has 4 heterocycles. The molecule has 3 aromatic rings. The van der Waals surface area contributed by atoms with Gasteiger partial charge in [-0.25, -0.2) is 24.9 Å². The van der Waals surface area contributed by atoms with Crippen molar-refractivity contribution in [1.82, 2.24) is 29.9 Å². The highest BCUT2D eigenvalue weighted by molar-refractivity contribution is 5.82. The maximum absolute atomic E-state index is 5.16. The number of aromatic amines is 1. The van der Waals surface area contributed by atoms with Gasteiger partial charge in [-0.05, 0) is 0 Å². The van der Waals surface area contributed by atoms with Gasteiger partial charge in [-0.1, -0.05) is 0 Å². The zero-order chi connectivity index (χ0) is 15.6. The lowest BCUT2D eigenvalue weighted by Crippen LogP contribution is -2.47. The van der Waals surface area contributed by atoms with E-state index in [0.29, 0.717) is 11.5 Å². The van der Waals surface area contributed by atoms with Gasteiger partial charge in [0.2, 0.25) is 5.88 Å². The number of hydrogen-bond acceptors (Lipinski definition) is 8. The third-order valence-corrected chi connectivity index (χ3v) is 3.94. The summed E-state index contributed by atoms with van der Waals surface area (Å²) in [7, 11) is 1.61. The standard InChI is InChI=1S/C14H16N8O/c1-23-11-6-10(15-7-16-11)21-2-4-22(5-3-21)14-12-13(18-8-17-12)19-9-20-14/h6-9H,2-5H2,1H3,(H,17,18,19,20). The first-order chi connectivity index (χ1) is 11.3. The Morgan fingerprint density at radius 2 is 1.74 bits per heavy atom. The lowest BCUT2D eigenvalue weighted by Gasteiger charge is -2.36.